The molecule has 2 heterocycles. The molecule has 7 heteroatoms. The van der Waals surface area contributed by atoms with Crippen LogP contribution in [0.4, 0.5) is 0 Å². The summed E-state index contributed by atoms with van der Waals surface area (Å²) in [6.07, 6.45) is 4.93. The summed E-state index contributed by atoms with van der Waals surface area (Å²) >= 11 is 5.27. The minimum absolute atomic E-state index is 0.0390. The van der Waals surface area contributed by atoms with Gasteiger partial charge in [0, 0.05) is 17.8 Å². The first-order chi connectivity index (χ1) is 12.9. The van der Waals surface area contributed by atoms with E-state index >= 15 is 0 Å². The van der Waals surface area contributed by atoms with Gasteiger partial charge >= 0.3 is 0 Å². The summed E-state index contributed by atoms with van der Waals surface area (Å²) in [4.78, 5) is 22.1. The molecule has 0 atom stereocenters. The summed E-state index contributed by atoms with van der Waals surface area (Å²) in [7, 11) is 0. The lowest BCUT2D eigenvalue weighted by Gasteiger charge is -2.23. The first-order valence-electron chi connectivity index (χ1n) is 8.48. The predicted molar refractivity (Wildman–Crippen MR) is 105 cm³/mol. The van der Waals surface area contributed by atoms with Crippen LogP contribution in [0, 0.1) is 25.5 Å². The second kappa shape index (κ2) is 7.67. The Bertz CT molecular complexity index is 1110. The number of nitrogens with zero attached hydrogens (tertiary/aromatic N) is 2. The van der Waals surface area contributed by atoms with Gasteiger partial charge in [0.05, 0.1) is 17.8 Å². The van der Waals surface area contributed by atoms with Gasteiger partial charge in [-0.3, -0.25) is 14.8 Å². The largest absolute Gasteiger partial charge is 0.859 e. The van der Waals surface area contributed by atoms with Crippen molar-refractivity contribution >= 4 is 18.4 Å². The lowest BCUT2D eigenvalue weighted by atomic mass is 10.0. The van der Waals surface area contributed by atoms with Crippen LogP contribution in [0.5, 0.6) is 5.88 Å². The van der Waals surface area contributed by atoms with Crippen LogP contribution in [0.2, 0.25) is 0 Å². The minimum Gasteiger partial charge on any atom is -0.859 e. The van der Waals surface area contributed by atoms with Crippen molar-refractivity contribution in [1.29, 1.82) is 0 Å². The molecular weight excluding hydrogens is 360 g/mol. The molecule has 0 bridgehead atoms. The molecule has 2 aromatic heterocycles. The van der Waals surface area contributed by atoms with Crippen LogP contribution in [-0.2, 0) is 6.54 Å². The Kier molecular flexibility index (Phi) is 5.32. The van der Waals surface area contributed by atoms with Gasteiger partial charge in [0.25, 0.3) is 5.56 Å². The Morgan fingerprint density at radius 1 is 1.30 bits per heavy atom. The molecule has 3 rings (SSSR count). The van der Waals surface area contributed by atoms with E-state index in [-0.39, 0.29) is 10.3 Å². The molecule has 0 spiro atoms. The lowest BCUT2D eigenvalue weighted by molar-refractivity contribution is -0.378. The van der Waals surface area contributed by atoms with Gasteiger partial charge in [-0.05, 0) is 56.1 Å². The highest BCUT2D eigenvalue weighted by atomic mass is 32.1. The number of hydrogen-bond donors (Lipinski definition) is 1. The monoisotopic (exact) mass is 380 g/mol. The highest BCUT2D eigenvalue weighted by molar-refractivity contribution is 7.71. The number of nitrogens with one attached hydrogen (secondary N) is 2. The topological polar surface area (TPSA) is 87.3 Å². The van der Waals surface area contributed by atoms with E-state index in [2.05, 4.69) is 15.0 Å². The molecule has 138 valence electrons. The number of hydrogen-bond acceptors (Lipinski definition) is 4. The van der Waals surface area contributed by atoms with Crippen LogP contribution in [0.1, 0.15) is 27.8 Å². The first kappa shape index (κ1) is 18.7. The summed E-state index contributed by atoms with van der Waals surface area (Å²) in [5.74, 6) is -0.470. The Morgan fingerprint density at radius 2 is 2.00 bits per heavy atom. The minimum atomic E-state index is -0.535. The highest BCUT2D eigenvalue weighted by Gasteiger charge is 2.11. The van der Waals surface area contributed by atoms with Crippen molar-refractivity contribution in [3.63, 3.8) is 0 Å². The molecule has 0 amide bonds. The highest BCUT2D eigenvalue weighted by Crippen LogP contribution is 2.24. The van der Waals surface area contributed by atoms with E-state index in [0.29, 0.717) is 12.2 Å². The molecule has 0 saturated carbocycles. The zero-order valence-corrected chi connectivity index (χ0v) is 16.2. The maximum Gasteiger partial charge on any atom is 0.259 e. The molecule has 3 aromatic rings. The standard InChI is InChI=1S/C20H20N4O2S/c1-12-7-13(2)17(14(3)8-12)24-19(26)16(18(25)23-20(24)27)11-22-10-15-5-4-6-21-9-15/h4-9,11,26H,10H2,1-3H3,(H,23,25,27). The van der Waals surface area contributed by atoms with Crippen molar-refractivity contribution < 1.29 is 10.1 Å². The van der Waals surface area contributed by atoms with Crippen LogP contribution in [0.15, 0.2) is 46.4 Å². The number of H-pyrrole nitrogens is 2. The van der Waals surface area contributed by atoms with E-state index in [9.17, 15) is 9.90 Å². The van der Waals surface area contributed by atoms with E-state index in [1.807, 2.05) is 51.2 Å². The summed E-state index contributed by atoms with van der Waals surface area (Å²) in [5.41, 5.74) is 3.98. The van der Waals surface area contributed by atoms with Crippen LogP contribution >= 0.6 is 12.2 Å². The lowest BCUT2D eigenvalue weighted by Crippen LogP contribution is -2.23. The molecule has 0 fully saturated rings. The fourth-order valence-electron chi connectivity index (χ4n) is 3.14. The van der Waals surface area contributed by atoms with Crippen molar-refractivity contribution in [2.24, 2.45) is 4.99 Å². The SMILES string of the molecule is Cc1cc(C)c(-n2c([O-])c(C=NCc3ccc[nH+]c3)c(=O)[nH]c2=S)c(C)c1. The number of pyridine rings is 1. The summed E-state index contributed by atoms with van der Waals surface area (Å²) in [6.45, 7) is 6.18. The number of aromatic amines is 2. The van der Waals surface area contributed by atoms with Gasteiger partial charge in [-0.2, -0.15) is 0 Å². The van der Waals surface area contributed by atoms with Crippen molar-refractivity contribution in [3.8, 4) is 11.6 Å². The van der Waals surface area contributed by atoms with Crippen molar-refractivity contribution in [1.82, 2.24) is 9.55 Å². The summed E-state index contributed by atoms with van der Waals surface area (Å²) in [6, 6.07) is 7.73. The predicted octanol–water partition coefficient (Wildman–Crippen LogP) is 2.33. The van der Waals surface area contributed by atoms with Crippen molar-refractivity contribution in [2.45, 2.75) is 27.3 Å². The fourth-order valence-corrected chi connectivity index (χ4v) is 3.41. The van der Waals surface area contributed by atoms with Crippen molar-refractivity contribution in [2.75, 3.05) is 0 Å². The summed E-state index contributed by atoms with van der Waals surface area (Å²) < 4.78 is 1.45. The average Bonchev–Trinajstić information content (AvgIpc) is 2.60. The van der Waals surface area contributed by atoms with E-state index < -0.39 is 11.4 Å². The Hall–Kier alpha value is -3.06. The molecule has 0 saturated heterocycles. The summed E-state index contributed by atoms with van der Waals surface area (Å²) in [5, 5.41) is 13.0. The molecule has 0 radical (unpaired) electrons. The normalized spacial score (nSPS) is 11.2. The van der Waals surface area contributed by atoms with Crippen LogP contribution in [0.3, 0.4) is 0 Å². The molecule has 0 aliphatic heterocycles. The smallest absolute Gasteiger partial charge is 0.259 e. The zero-order chi connectivity index (χ0) is 19.6. The molecule has 0 unspecified atom stereocenters. The molecular formula is C20H20N4O2S. The van der Waals surface area contributed by atoms with Crippen LogP contribution in [-0.4, -0.2) is 15.8 Å². The van der Waals surface area contributed by atoms with Gasteiger partial charge in [-0.1, -0.05) is 17.7 Å². The van der Waals surface area contributed by atoms with Crippen molar-refractivity contribution in [3.05, 3.63) is 79.6 Å². The quantitative estimate of drug-likeness (QED) is 0.557. The van der Waals surface area contributed by atoms with Gasteiger partial charge in [0.2, 0.25) is 0 Å². The average molecular weight is 380 g/mol. The number of aromatic nitrogens is 3. The molecule has 1 aromatic carbocycles. The number of aryl methyl sites for hydroxylation is 3. The maximum absolute atomic E-state index is 13.0. The molecule has 27 heavy (non-hydrogen) atoms. The zero-order valence-electron chi connectivity index (χ0n) is 15.4. The third-order valence-electron chi connectivity index (χ3n) is 4.23. The maximum atomic E-state index is 13.0. The molecule has 6 nitrogen and oxygen atoms in total. The number of rotatable bonds is 4. The van der Waals surface area contributed by atoms with Gasteiger partial charge in [0.1, 0.15) is 0 Å². The second-order valence-electron chi connectivity index (χ2n) is 6.44. The van der Waals surface area contributed by atoms with Crippen LogP contribution < -0.4 is 15.6 Å². The number of benzene rings is 1. The molecule has 0 aliphatic carbocycles. The van der Waals surface area contributed by atoms with Gasteiger partial charge in [0.15, 0.2) is 17.2 Å². The molecule has 2 N–H and O–H groups in total. The van der Waals surface area contributed by atoms with E-state index in [1.165, 1.54) is 10.8 Å². The number of aliphatic imine (C=N–C) groups is 1. The van der Waals surface area contributed by atoms with Gasteiger partial charge in [-0.25, -0.2) is 4.98 Å². The third kappa shape index (κ3) is 3.88. The van der Waals surface area contributed by atoms with E-state index in [4.69, 9.17) is 12.2 Å². The Labute approximate surface area is 161 Å². The second-order valence-corrected chi connectivity index (χ2v) is 6.83. The van der Waals surface area contributed by atoms with Crippen LogP contribution in [0.25, 0.3) is 5.69 Å². The first-order valence-corrected chi connectivity index (χ1v) is 8.88. The van der Waals surface area contributed by atoms with E-state index in [0.717, 1.165) is 22.3 Å². The Morgan fingerprint density at radius 3 is 2.63 bits per heavy atom. The molecule has 0 aliphatic rings. The Balaban J connectivity index is 2.09. The fraction of sp³-hybridized carbons (Fsp3) is 0.200. The van der Waals surface area contributed by atoms with Gasteiger partial charge < -0.3 is 9.67 Å². The van der Waals surface area contributed by atoms with E-state index in [1.54, 1.807) is 6.20 Å². The third-order valence-corrected chi connectivity index (χ3v) is 4.51. The van der Waals surface area contributed by atoms with Gasteiger partial charge in [-0.15, -0.1) is 0 Å².